The minimum absolute atomic E-state index is 0.702. The van der Waals surface area contributed by atoms with Gasteiger partial charge in [-0.2, -0.15) is 0 Å². The Bertz CT molecular complexity index is 1070. The Morgan fingerprint density at radius 1 is 0.375 bits per heavy atom. The van der Waals surface area contributed by atoms with Crippen LogP contribution in [0.3, 0.4) is 0 Å². The van der Waals surface area contributed by atoms with Gasteiger partial charge >= 0.3 is 0 Å². The van der Waals surface area contributed by atoms with Crippen molar-refractivity contribution in [3.8, 4) is 0 Å². The van der Waals surface area contributed by atoms with Gasteiger partial charge in [-0.3, -0.25) is 9.80 Å². The number of hydrogen-bond acceptors (Lipinski definition) is 7. The summed E-state index contributed by atoms with van der Waals surface area (Å²) in [6.07, 6.45) is 8.83. The van der Waals surface area contributed by atoms with Crippen molar-refractivity contribution >= 4 is 34.8 Å². The first-order valence-corrected chi connectivity index (χ1v) is 10.1. The maximum atomic E-state index is 4.75. The first-order chi connectivity index (χ1) is 15.9. The van der Waals surface area contributed by atoms with Crippen molar-refractivity contribution in [1.82, 2.24) is 24.9 Å². The van der Waals surface area contributed by atoms with Crippen molar-refractivity contribution in [2.24, 2.45) is 0 Å². The molecule has 0 aliphatic heterocycles. The summed E-state index contributed by atoms with van der Waals surface area (Å²) in [7, 11) is 0. The Labute approximate surface area is 185 Å². The number of anilines is 6. The Morgan fingerprint density at radius 2 is 0.781 bits per heavy atom. The molecule has 0 N–H and O–H groups in total. The van der Waals surface area contributed by atoms with Crippen molar-refractivity contribution in [1.29, 1.82) is 0 Å². The number of aromatic nitrogens is 5. The van der Waals surface area contributed by atoms with E-state index >= 15 is 0 Å². The lowest BCUT2D eigenvalue weighted by atomic mass is 10.3. The van der Waals surface area contributed by atoms with Crippen LogP contribution in [-0.2, 0) is 0 Å². The Kier molecular flexibility index (Phi) is 5.44. The third-order valence-electron chi connectivity index (χ3n) is 4.73. The monoisotopic (exact) mass is 417 g/mol. The van der Waals surface area contributed by atoms with Gasteiger partial charge in [-0.15, -0.1) is 0 Å². The molecule has 0 aliphatic carbocycles. The lowest BCUT2D eigenvalue weighted by Crippen LogP contribution is -2.16. The second kappa shape index (κ2) is 9.01. The van der Waals surface area contributed by atoms with Gasteiger partial charge in [-0.05, 0) is 60.7 Å². The highest BCUT2D eigenvalue weighted by atomic mass is 15.3. The molecule has 5 aromatic rings. The van der Waals surface area contributed by atoms with Crippen molar-refractivity contribution in [3.63, 3.8) is 0 Å². The molecule has 0 saturated heterocycles. The summed E-state index contributed by atoms with van der Waals surface area (Å²) in [5.41, 5.74) is 0.841. The van der Waals surface area contributed by atoms with Crippen LogP contribution in [0.5, 0.6) is 0 Å². The van der Waals surface area contributed by atoms with E-state index in [9.17, 15) is 0 Å². The molecule has 0 spiro atoms. The molecule has 0 atom stereocenters. The van der Waals surface area contributed by atoms with Crippen LogP contribution in [0, 0.1) is 0 Å². The van der Waals surface area contributed by atoms with Gasteiger partial charge in [0.15, 0.2) is 0 Å². The van der Waals surface area contributed by atoms with Gasteiger partial charge in [0, 0.05) is 24.8 Å². The number of rotatable bonds is 6. The molecular weight excluding hydrogens is 398 g/mol. The Morgan fingerprint density at radius 3 is 1.12 bits per heavy atom. The van der Waals surface area contributed by atoms with Crippen LogP contribution in [0.15, 0.2) is 116 Å². The van der Waals surface area contributed by atoms with Crippen LogP contribution in [0.4, 0.5) is 34.8 Å². The first kappa shape index (κ1) is 19.3. The van der Waals surface area contributed by atoms with Crippen molar-refractivity contribution in [3.05, 3.63) is 116 Å². The fraction of sp³-hybridized carbons (Fsp3) is 0. The highest BCUT2D eigenvalue weighted by Gasteiger charge is 2.18. The molecule has 154 valence electrons. The predicted molar refractivity (Wildman–Crippen MR) is 125 cm³/mol. The molecule has 0 saturated carbocycles. The second-order valence-corrected chi connectivity index (χ2v) is 6.80. The third-order valence-corrected chi connectivity index (χ3v) is 4.73. The molecule has 5 aromatic heterocycles. The zero-order valence-corrected chi connectivity index (χ0v) is 17.1. The maximum absolute atomic E-state index is 4.75. The van der Waals surface area contributed by atoms with Crippen molar-refractivity contribution in [2.75, 3.05) is 9.80 Å². The largest absolute Gasteiger partial charge is 0.277 e. The average Bonchev–Trinajstić information content (AvgIpc) is 2.88. The molecule has 0 fully saturated rings. The Hall–Kier alpha value is -4.65. The van der Waals surface area contributed by atoms with Crippen LogP contribution >= 0.6 is 0 Å². The quantitative estimate of drug-likeness (QED) is 0.356. The molecule has 0 aromatic carbocycles. The molecule has 0 radical (unpaired) electrons. The van der Waals surface area contributed by atoms with Crippen LogP contribution in [0.1, 0.15) is 0 Å². The van der Waals surface area contributed by atoms with Crippen LogP contribution < -0.4 is 9.80 Å². The minimum atomic E-state index is 0.702. The molecule has 0 amide bonds. The molecular formula is C25H19N7. The van der Waals surface area contributed by atoms with Gasteiger partial charge in [0.1, 0.15) is 29.1 Å². The molecule has 5 heterocycles. The summed E-state index contributed by atoms with van der Waals surface area (Å²) in [6, 6.07) is 27.0. The number of nitrogens with zero attached hydrogens (tertiary/aromatic N) is 7. The summed E-state index contributed by atoms with van der Waals surface area (Å²) in [5, 5.41) is 0. The van der Waals surface area contributed by atoms with Gasteiger partial charge in [0.05, 0.1) is 11.9 Å². The number of hydrogen-bond donors (Lipinski definition) is 0. The molecule has 7 nitrogen and oxygen atoms in total. The molecule has 0 unspecified atom stereocenters. The standard InChI is InChI=1S/C25H19N7/c1-5-15-26-21(9-1)31(22-10-2-6-16-27-22)20-13-14-25(30-19-20)32(23-11-3-7-17-28-23)24-12-4-8-18-29-24/h1-19H. The Balaban J connectivity index is 1.57. The lowest BCUT2D eigenvalue weighted by molar-refractivity contribution is 1.07. The van der Waals surface area contributed by atoms with Gasteiger partial charge in [0.2, 0.25) is 0 Å². The fourth-order valence-corrected chi connectivity index (χ4v) is 3.32. The van der Waals surface area contributed by atoms with E-state index in [2.05, 4.69) is 19.9 Å². The van der Waals surface area contributed by atoms with E-state index in [1.807, 2.05) is 94.7 Å². The fourth-order valence-electron chi connectivity index (χ4n) is 3.32. The first-order valence-electron chi connectivity index (χ1n) is 10.1. The summed E-state index contributed by atoms with van der Waals surface area (Å²) >= 11 is 0. The zero-order valence-electron chi connectivity index (χ0n) is 17.1. The normalized spacial score (nSPS) is 10.5. The van der Waals surface area contributed by atoms with Gasteiger partial charge in [0.25, 0.3) is 0 Å². The number of pyridine rings is 5. The van der Waals surface area contributed by atoms with Crippen LogP contribution in [0.2, 0.25) is 0 Å². The summed E-state index contributed by atoms with van der Waals surface area (Å²) in [4.78, 5) is 26.7. The van der Waals surface area contributed by atoms with Gasteiger partial charge < -0.3 is 0 Å². The van der Waals surface area contributed by atoms with Gasteiger partial charge in [-0.25, -0.2) is 24.9 Å². The minimum Gasteiger partial charge on any atom is -0.277 e. The topological polar surface area (TPSA) is 70.9 Å². The molecule has 5 rings (SSSR count). The van der Waals surface area contributed by atoms with Crippen LogP contribution in [0.25, 0.3) is 0 Å². The summed E-state index contributed by atoms with van der Waals surface area (Å²) < 4.78 is 0. The molecule has 0 aliphatic rings. The van der Waals surface area contributed by atoms with E-state index in [0.29, 0.717) is 5.82 Å². The maximum Gasteiger partial charge on any atom is 0.140 e. The lowest BCUT2D eigenvalue weighted by Gasteiger charge is -2.25. The predicted octanol–water partition coefficient (Wildman–Crippen LogP) is 5.60. The summed E-state index contributed by atoms with van der Waals surface area (Å²) in [5.74, 6) is 3.68. The van der Waals surface area contributed by atoms with E-state index in [1.54, 1.807) is 31.0 Å². The van der Waals surface area contributed by atoms with Crippen LogP contribution in [-0.4, -0.2) is 24.9 Å². The summed E-state index contributed by atoms with van der Waals surface area (Å²) in [6.45, 7) is 0. The SMILES string of the molecule is c1ccc(N(c2ccc(N(c3ccccn3)c3ccccn3)nc2)c2ccccn2)nc1. The third kappa shape index (κ3) is 3.99. The zero-order chi connectivity index (χ0) is 21.6. The molecule has 0 bridgehead atoms. The average molecular weight is 417 g/mol. The van der Waals surface area contributed by atoms with E-state index in [4.69, 9.17) is 4.98 Å². The smallest absolute Gasteiger partial charge is 0.140 e. The van der Waals surface area contributed by atoms with E-state index in [1.165, 1.54) is 0 Å². The second-order valence-electron chi connectivity index (χ2n) is 6.80. The molecule has 7 heteroatoms. The molecule has 32 heavy (non-hydrogen) atoms. The highest BCUT2D eigenvalue weighted by molar-refractivity contribution is 5.74. The van der Waals surface area contributed by atoms with E-state index in [0.717, 1.165) is 29.0 Å². The van der Waals surface area contributed by atoms with Gasteiger partial charge in [-0.1, -0.05) is 24.3 Å². The highest BCUT2D eigenvalue weighted by Crippen LogP contribution is 2.34. The van der Waals surface area contributed by atoms with Crippen molar-refractivity contribution in [2.45, 2.75) is 0 Å². The van der Waals surface area contributed by atoms with E-state index < -0.39 is 0 Å². The van der Waals surface area contributed by atoms with Crippen molar-refractivity contribution < 1.29 is 0 Å². The van der Waals surface area contributed by atoms with E-state index in [-0.39, 0.29) is 0 Å².